The summed E-state index contributed by atoms with van der Waals surface area (Å²) in [6.45, 7) is 9.47. The average Bonchev–Trinajstić information content (AvgIpc) is 2.75. The lowest BCUT2D eigenvalue weighted by Crippen LogP contribution is -2.59. The summed E-state index contributed by atoms with van der Waals surface area (Å²) in [5, 5.41) is 30.5. The minimum absolute atomic E-state index is 0.00680. The fourth-order valence-corrected chi connectivity index (χ4v) is 9.04. The Morgan fingerprint density at radius 3 is 2.50 bits per heavy atom. The smallest absolute Gasteiger partial charge is 0.159 e. The van der Waals surface area contributed by atoms with E-state index in [0.717, 1.165) is 44.9 Å². The van der Waals surface area contributed by atoms with Crippen molar-refractivity contribution in [1.82, 2.24) is 0 Å². The molecule has 3 saturated carbocycles. The second-order valence-corrected chi connectivity index (χ2v) is 13.1. The van der Waals surface area contributed by atoms with Crippen LogP contribution in [0.15, 0.2) is 23.0 Å². The first-order valence-corrected chi connectivity index (χ1v) is 12.7. The first-order chi connectivity index (χ1) is 15.0. The number of ketones is 1. The van der Waals surface area contributed by atoms with Crippen LogP contribution in [-0.4, -0.2) is 22.6 Å². The number of aliphatic hydroxyl groups excluding tert-OH is 2. The number of allylic oxidation sites excluding steroid dienone is 4. The van der Waals surface area contributed by atoms with Crippen molar-refractivity contribution in [2.45, 2.75) is 85.5 Å². The minimum atomic E-state index is -0.234. The van der Waals surface area contributed by atoms with Gasteiger partial charge >= 0.3 is 0 Å². The Bertz CT molecular complexity index is 954. The first-order valence-electron chi connectivity index (χ1n) is 12.7. The van der Waals surface area contributed by atoms with Gasteiger partial charge in [-0.05, 0) is 96.9 Å². The van der Waals surface area contributed by atoms with Crippen molar-refractivity contribution < 1.29 is 15.0 Å². The number of rotatable bonds is 1. The Morgan fingerprint density at radius 2 is 1.81 bits per heavy atom. The predicted molar refractivity (Wildman–Crippen MR) is 123 cm³/mol. The number of carbonyl (C=O) groups excluding carboxylic acids is 1. The predicted octanol–water partition coefficient (Wildman–Crippen LogP) is 5.88. The summed E-state index contributed by atoms with van der Waals surface area (Å²) in [5.74, 6) is 1.39. The van der Waals surface area contributed by atoms with Crippen LogP contribution in [0.25, 0.3) is 0 Å². The van der Waals surface area contributed by atoms with E-state index in [1.807, 2.05) is 6.08 Å². The van der Waals surface area contributed by atoms with Crippen LogP contribution in [0.4, 0.5) is 0 Å². The zero-order valence-electron chi connectivity index (χ0n) is 20.2. The normalized spacial score (nSPS) is 47.4. The van der Waals surface area contributed by atoms with E-state index in [0.29, 0.717) is 24.3 Å². The maximum absolute atomic E-state index is 13.9. The average molecular weight is 438 g/mol. The van der Waals surface area contributed by atoms with E-state index in [4.69, 9.17) is 0 Å². The van der Waals surface area contributed by atoms with Crippen molar-refractivity contribution in [2.24, 2.45) is 45.3 Å². The molecule has 5 aliphatic rings. The summed E-state index contributed by atoms with van der Waals surface area (Å²) in [4.78, 5) is 13.9. The molecule has 0 radical (unpaired) electrons. The van der Waals surface area contributed by atoms with Crippen LogP contribution in [0.2, 0.25) is 0 Å². The molecule has 174 valence electrons. The highest BCUT2D eigenvalue weighted by atomic mass is 16.3. The zero-order valence-corrected chi connectivity index (χ0v) is 20.2. The van der Waals surface area contributed by atoms with E-state index < -0.39 is 0 Å². The van der Waals surface area contributed by atoms with Gasteiger partial charge in [0.25, 0.3) is 0 Å². The molecule has 0 aromatic carbocycles. The van der Waals surface area contributed by atoms with Crippen molar-refractivity contribution in [1.29, 1.82) is 5.26 Å². The Morgan fingerprint density at radius 1 is 1.06 bits per heavy atom. The van der Waals surface area contributed by atoms with E-state index in [9.17, 15) is 20.3 Å². The molecular weight excluding hydrogens is 398 g/mol. The van der Waals surface area contributed by atoms with Crippen LogP contribution < -0.4 is 0 Å². The van der Waals surface area contributed by atoms with Crippen molar-refractivity contribution in [3.05, 3.63) is 23.0 Å². The number of nitrogens with zero attached hydrogens (tertiary/aromatic N) is 1. The lowest BCUT2D eigenvalue weighted by molar-refractivity contribution is -0.152. The maximum Gasteiger partial charge on any atom is 0.159 e. The molecule has 7 atom stereocenters. The van der Waals surface area contributed by atoms with Gasteiger partial charge in [0.15, 0.2) is 5.78 Å². The summed E-state index contributed by atoms with van der Waals surface area (Å²) in [5.41, 5.74) is 1.60. The number of fused-ring (bicyclic) bond motifs is 7. The van der Waals surface area contributed by atoms with Gasteiger partial charge in [0.1, 0.15) is 5.76 Å². The van der Waals surface area contributed by atoms with E-state index in [2.05, 4.69) is 33.8 Å². The largest absolute Gasteiger partial charge is 0.511 e. The zero-order chi connectivity index (χ0) is 23.1. The van der Waals surface area contributed by atoms with E-state index >= 15 is 0 Å². The minimum Gasteiger partial charge on any atom is -0.511 e. The second kappa shape index (κ2) is 6.95. The molecule has 0 heterocycles. The summed E-state index contributed by atoms with van der Waals surface area (Å²) < 4.78 is 0. The van der Waals surface area contributed by atoms with Crippen molar-refractivity contribution in [3.63, 3.8) is 0 Å². The Hall–Kier alpha value is -1.60. The Kier molecular flexibility index (Phi) is 4.82. The number of hydrogen-bond acceptors (Lipinski definition) is 4. The molecule has 5 aliphatic carbocycles. The summed E-state index contributed by atoms with van der Waals surface area (Å²) in [6, 6.07) is 2.24. The van der Waals surface area contributed by atoms with Gasteiger partial charge in [0, 0.05) is 18.9 Å². The molecule has 32 heavy (non-hydrogen) atoms. The lowest BCUT2D eigenvalue weighted by atomic mass is 9.39. The van der Waals surface area contributed by atoms with Crippen molar-refractivity contribution >= 4 is 5.78 Å². The molecule has 0 saturated heterocycles. The van der Waals surface area contributed by atoms with Crippen LogP contribution in [-0.2, 0) is 4.79 Å². The highest BCUT2D eigenvalue weighted by molar-refractivity contribution is 5.95. The summed E-state index contributed by atoms with van der Waals surface area (Å²) >= 11 is 0. The van der Waals surface area contributed by atoms with Crippen LogP contribution in [0, 0.1) is 56.7 Å². The highest BCUT2D eigenvalue weighted by Crippen LogP contribution is 2.69. The van der Waals surface area contributed by atoms with Gasteiger partial charge in [-0.3, -0.25) is 4.79 Å². The van der Waals surface area contributed by atoms with Crippen LogP contribution in [0.1, 0.15) is 85.5 Å². The highest BCUT2D eigenvalue weighted by Gasteiger charge is 2.63. The Balaban J connectivity index is 1.59. The standard InChI is InChI=1S/C28H39NO3/c1-25(2)9-10-28(16-30)8-6-19-24(20(28)14-25)22(32)12-23-26(19,3)7-5-18-11-21(31)17(15-29)13-27(18,23)4/h12,18-20,24,30-31H,5-11,13-14,16H2,1-4H3. The lowest BCUT2D eigenvalue weighted by Gasteiger charge is -2.64. The monoisotopic (exact) mass is 437 g/mol. The molecule has 0 amide bonds. The molecule has 0 spiro atoms. The summed E-state index contributed by atoms with van der Waals surface area (Å²) in [7, 11) is 0. The van der Waals surface area contributed by atoms with Crippen LogP contribution in [0.5, 0.6) is 0 Å². The topological polar surface area (TPSA) is 81.3 Å². The van der Waals surface area contributed by atoms with E-state index in [1.54, 1.807) is 0 Å². The van der Waals surface area contributed by atoms with E-state index in [-0.39, 0.29) is 57.6 Å². The molecule has 7 unspecified atom stereocenters. The van der Waals surface area contributed by atoms with E-state index in [1.165, 1.54) is 5.57 Å². The van der Waals surface area contributed by atoms with Gasteiger partial charge in [0.2, 0.25) is 0 Å². The number of nitriles is 1. The third kappa shape index (κ3) is 2.86. The molecular formula is C28H39NO3. The van der Waals surface area contributed by atoms with Gasteiger partial charge in [-0.25, -0.2) is 0 Å². The van der Waals surface area contributed by atoms with Gasteiger partial charge in [-0.2, -0.15) is 5.26 Å². The quantitative estimate of drug-likeness (QED) is 0.537. The Labute approximate surface area is 192 Å². The third-order valence-corrected chi connectivity index (χ3v) is 11.0. The van der Waals surface area contributed by atoms with Crippen molar-refractivity contribution in [3.8, 4) is 6.07 Å². The van der Waals surface area contributed by atoms with Crippen LogP contribution in [0.3, 0.4) is 0 Å². The fraction of sp³-hybridized carbons (Fsp3) is 0.786. The SMILES string of the molecule is CC1(C)CCC2(CO)CCC3C(C(=O)C=C4C5(C)CC(C#N)=C(O)CC5CCC43C)C2C1. The molecule has 5 rings (SSSR count). The number of hydrogen-bond donors (Lipinski definition) is 2. The fourth-order valence-electron chi connectivity index (χ4n) is 9.04. The molecule has 2 N–H and O–H groups in total. The molecule has 0 bridgehead atoms. The van der Waals surface area contributed by atoms with Crippen molar-refractivity contribution in [2.75, 3.05) is 6.61 Å². The number of aliphatic hydroxyl groups is 2. The molecule has 3 fully saturated rings. The van der Waals surface area contributed by atoms with Crippen LogP contribution >= 0.6 is 0 Å². The molecule has 0 aromatic heterocycles. The molecule has 0 aromatic rings. The maximum atomic E-state index is 13.9. The van der Waals surface area contributed by atoms with Gasteiger partial charge in [0.05, 0.1) is 11.6 Å². The first kappa shape index (κ1) is 22.2. The second-order valence-electron chi connectivity index (χ2n) is 13.1. The molecule has 4 nitrogen and oxygen atoms in total. The molecule has 0 aliphatic heterocycles. The van der Waals surface area contributed by atoms with Gasteiger partial charge in [-0.1, -0.05) is 33.3 Å². The number of carbonyl (C=O) groups is 1. The van der Waals surface area contributed by atoms with Gasteiger partial charge in [-0.15, -0.1) is 0 Å². The third-order valence-electron chi connectivity index (χ3n) is 11.0. The van der Waals surface area contributed by atoms with Gasteiger partial charge < -0.3 is 10.2 Å². The summed E-state index contributed by atoms with van der Waals surface area (Å²) in [6.07, 6.45) is 10.4. The molecule has 4 heteroatoms.